The lowest BCUT2D eigenvalue weighted by Gasteiger charge is -2.36. The third-order valence-corrected chi connectivity index (χ3v) is 5.21. The van der Waals surface area contributed by atoms with Gasteiger partial charge in [0.1, 0.15) is 0 Å². The van der Waals surface area contributed by atoms with E-state index in [2.05, 4.69) is 29.0 Å². The van der Waals surface area contributed by atoms with E-state index in [1.807, 2.05) is 0 Å². The SMILES string of the molecule is C[C@@H]1CN(CC(=O)N2CC[C@]3(CCCNC3)C2)C[C@H](C)O1. The van der Waals surface area contributed by atoms with Crippen LogP contribution in [-0.2, 0) is 9.53 Å². The lowest BCUT2D eigenvalue weighted by Crippen LogP contribution is -2.50. The minimum absolute atomic E-state index is 0.231. The van der Waals surface area contributed by atoms with Gasteiger partial charge in [0.05, 0.1) is 18.8 Å². The highest BCUT2D eigenvalue weighted by atomic mass is 16.5. The van der Waals surface area contributed by atoms with E-state index in [1.54, 1.807) is 0 Å². The summed E-state index contributed by atoms with van der Waals surface area (Å²) in [6.07, 6.45) is 4.15. The van der Waals surface area contributed by atoms with Gasteiger partial charge in [0.15, 0.2) is 0 Å². The molecule has 5 heteroatoms. The van der Waals surface area contributed by atoms with Crippen LogP contribution in [-0.4, -0.2) is 73.7 Å². The molecular weight excluding hydrogens is 266 g/mol. The summed E-state index contributed by atoms with van der Waals surface area (Å²) >= 11 is 0. The first-order valence-corrected chi connectivity index (χ1v) is 8.43. The van der Waals surface area contributed by atoms with Gasteiger partial charge in [-0.3, -0.25) is 9.69 Å². The number of rotatable bonds is 2. The molecule has 0 radical (unpaired) electrons. The van der Waals surface area contributed by atoms with Gasteiger partial charge >= 0.3 is 0 Å². The minimum Gasteiger partial charge on any atom is -0.373 e. The molecule has 1 spiro atoms. The second-order valence-electron chi connectivity index (χ2n) is 7.30. The van der Waals surface area contributed by atoms with Crippen molar-refractivity contribution in [2.24, 2.45) is 5.41 Å². The molecule has 5 nitrogen and oxygen atoms in total. The lowest BCUT2D eigenvalue weighted by molar-refractivity contribution is -0.135. The summed E-state index contributed by atoms with van der Waals surface area (Å²) in [5, 5.41) is 3.51. The molecule has 0 aromatic heterocycles. The fourth-order valence-corrected chi connectivity index (χ4v) is 4.23. The van der Waals surface area contributed by atoms with Crippen molar-refractivity contribution < 1.29 is 9.53 Å². The molecule has 1 N–H and O–H groups in total. The molecule has 3 saturated heterocycles. The Morgan fingerprint density at radius 1 is 1.29 bits per heavy atom. The highest BCUT2D eigenvalue weighted by molar-refractivity contribution is 5.78. The van der Waals surface area contributed by atoms with Gasteiger partial charge in [-0.25, -0.2) is 0 Å². The third kappa shape index (κ3) is 3.58. The monoisotopic (exact) mass is 295 g/mol. The standard InChI is InChI=1S/C16H29N3O2/c1-13-8-18(9-14(2)21-13)10-15(20)19-7-5-16(12-19)4-3-6-17-11-16/h13-14,17H,3-12H2,1-2H3/t13-,14+,16-/m0/s1. The van der Waals surface area contributed by atoms with Gasteiger partial charge in [0.25, 0.3) is 0 Å². The van der Waals surface area contributed by atoms with E-state index in [9.17, 15) is 4.79 Å². The number of nitrogens with zero attached hydrogens (tertiary/aromatic N) is 2. The summed E-state index contributed by atoms with van der Waals surface area (Å²) in [7, 11) is 0. The second kappa shape index (κ2) is 6.23. The maximum atomic E-state index is 12.6. The molecule has 1 amide bonds. The molecule has 0 unspecified atom stereocenters. The molecule has 0 aliphatic carbocycles. The van der Waals surface area contributed by atoms with E-state index >= 15 is 0 Å². The smallest absolute Gasteiger partial charge is 0.236 e. The number of carbonyl (C=O) groups excluding carboxylic acids is 1. The molecule has 3 fully saturated rings. The molecule has 0 aromatic carbocycles. The average molecular weight is 295 g/mol. The van der Waals surface area contributed by atoms with Gasteiger partial charge in [-0.1, -0.05) is 0 Å². The molecule has 3 aliphatic heterocycles. The van der Waals surface area contributed by atoms with Gasteiger partial charge in [-0.15, -0.1) is 0 Å². The van der Waals surface area contributed by atoms with Crippen LogP contribution in [0.1, 0.15) is 33.1 Å². The molecule has 3 rings (SSSR count). The van der Waals surface area contributed by atoms with E-state index in [0.29, 0.717) is 17.9 Å². The van der Waals surface area contributed by atoms with Gasteiger partial charge < -0.3 is 15.0 Å². The summed E-state index contributed by atoms with van der Waals surface area (Å²) in [4.78, 5) is 16.9. The van der Waals surface area contributed by atoms with Crippen LogP contribution in [0.2, 0.25) is 0 Å². The topological polar surface area (TPSA) is 44.8 Å². The Morgan fingerprint density at radius 2 is 2.05 bits per heavy atom. The summed E-state index contributed by atoms with van der Waals surface area (Å²) in [5.41, 5.74) is 0.361. The quantitative estimate of drug-likeness (QED) is 0.814. The largest absolute Gasteiger partial charge is 0.373 e. The Bertz CT molecular complexity index is 372. The third-order valence-electron chi connectivity index (χ3n) is 5.21. The Labute approximate surface area is 128 Å². The van der Waals surface area contributed by atoms with E-state index in [-0.39, 0.29) is 12.2 Å². The number of carbonyl (C=O) groups is 1. The lowest BCUT2D eigenvalue weighted by atomic mass is 9.80. The fourth-order valence-electron chi connectivity index (χ4n) is 4.23. The second-order valence-corrected chi connectivity index (χ2v) is 7.30. The Morgan fingerprint density at radius 3 is 2.71 bits per heavy atom. The molecule has 120 valence electrons. The highest BCUT2D eigenvalue weighted by Crippen LogP contribution is 2.36. The van der Waals surface area contributed by atoms with Gasteiger partial charge in [-0.05, 0) is 39.7 Å². The number of ether oxygens (including phenoxy) is 1. The summed E-state index contributed by atoms with van der Waals surface area (Å²) in [6, 6.07) is 0. The summed E-state index contributed by atoms with van der Waals surface area (Å²) < 4.78 is 5.74. The van der Waals surface area contributed by atoms with Crippen molar-refractivity contribution in [3.8, 4) is 0 Å². The number of hydrogen-bond donors (Lipinski definition) is 1. The first-order chi connectivity index (χ1) is 10.1. The van der Waals surface area contributed by atoms with Crippen LogP contribution in [0.15, 0.2) is 0 Å². The van der Waals surface area contributed by atoms with Crippen LogP contribution in [0.3, 0.4) is 0 Å². The first kappa shape index (κ1) is 15.3. The first-order valence-electron chi connectivity index (χ1n) is 8.43. The van der Waals surface area contributed by atoms with E-state index < -0.39 is 0 Å². The number of amides is 1. The molecule has 3 atom stereocenters. The zero-order valence-electron chi connectivity index (χ0n) is 13.4. The molecule has 21 heavy (non-hydrogen) atoms. The van der Waals surface area contributed by atoms with Crippen LogP contribution in [0.25, 0.3) is 0 Å². The average Bonchev–Trinajstić information content (AvgIpc) is 2.82. The van der Waals surface area contributed by atoms with Crippen molar-refractivity contribution in [1.82, 2.24) is 15.1 Å². The van der Waals surface area contributed by atoms with Crippen LogP contribution in [0.5, 0.6) is 0 Å². The van der Waals surface area contributed by atoms with Crippen molar-refractivity contribution >= 4 is 5.91 Å². The van der Waals surface area contributed by atoms with Crippen molar-refractivity contribution in [1.29, 1.82) is 0 Å². The highest BCUT2D eigenvalue weighted by Gasteiger charge is 2.40. The molecule has 0 aromatic rings. The summed E-state index contributed by atoms with van der Waals surface area (Å²) in [5.74, 6) is 0.304. The van der Waals surface area contributed by atoms with Crippen LogP contribution < -0.4 is 5.32 Å². The maximum absolute atomic E-state index is 12.6. The van der Waals surface area contributed by atoms with Gasteiger partial charge in [0.2, 0.25) is 5.91 Å². The van der Waals surface area contributed by atoms with Crippen molar-refractivity contribution in [3.05, 3.63) is 0 Å². The maximum Gasteiger partial charge on any atom is 0.236 e. The van der Waals surface area contributed by atoms with E-state index in [4.69, 9.17) is 4.74 Å². The fraction of sp³-hybridized carbons (Fsp3) is 0.938. The summed E-state index contributed by atoms with van der Waals surface area (Å²) in [6.45, 7) is 10.6. The van der Waals surface area contributed by atoms with Crippen molar-refractivity contribution in [2.75, 3.05) is 45.8 Å². The number of piperidine rings is 1. The van der Waals surface area contributed by atoms with Crippen LogP contribution >= 0.6 is 0 Å². The normalized spacial score (nSPS) is 38.1. The van der Waals surface area contributed by atoms with Crippen LogP contribution in [0.4, 0.5) is 0 Å². The van der Waals surface area contributed by atoms with Crippen molar-refractivity contribution in [3.63, 3.8) is 0 Å². The molecule has 0 saturated carbocycles. The number of hydrogen-bond acceptors (Lipinski definition) is 4. The molecule has 3 heterocycles. The van der Waals surface area contributed by atoms with Crippen molar-refractivity contribution in [2.45, 2.75) is 45.3 Å². The Hall–Kier alpha value is -0.650. The predicted octanol–water partition coefficient (Wildman–Crippen LogP) is 0.698. The molecule has 0 bridgehead atoms. The molecular formula is C16H29N3O2. The number of nitrogens with one attached hydrogen (secondary N) is 1. The number of morpholine rings is 1. The van der Waals surface area contributed by atoms with E-state index in [0.717, 1.165) is 39.3 Å². The predicted molar refractivity (Wildman–Crippen MR) is 82.2 cm³/mol. The Kier molecular flexibility index (Phi) is 4.52. The molecule has 3 aliphatic rings. The minimum atomic E-state index is 0.231. The number of likely N-dealkylation sites (tertiary alicyclic amines) is 1. The zero-order valence-corrected chi connectivity index (χ0v) is 13.4. The van der Waals surface area contributed by atoms with Crippen LogP contribution in [0, 0.1) is 5.41 Å². The van der Waals surface area contributed by atoms with E-state index in [1.165, 1.54) is 19.3 Å². The Balaban J connectivity index is 1.52. The zero-order chi connectivity index (χ0) is 14.9. The van der Waals surface area contributed by atoms with Gasteiger partial charge in [0, 0.05) is 38.1 Å². The van der Waals surface area contributed by atoms with Gasteiger partial charge in [-0.2, -0.15) is 0 Å².